The zero-order valence-corrected chi connectivity index (χ0v) is 17.9. The predicted octanol–water partition coefficient (Wildman–Crippen LogP) is 3.63. The summed E-state index contributed by atoms with van der Waals surface area (Å²) < 4.78 is 17.2. The van der Waals surface area contributed by atoms with Crippen molar-refractivity contribution in [1.29, 1.82) is 0 Å². The van der Waals surface area contributed by atoms with E-state index in [1.54, 1.807) is 14.2 Å². The topological polar surface area (TPSA) is 51.2 Å². The largest absolute Gasteiger partial charge is 0.493 e. The van der Waals surface area contributed by atoms with E-state index >= 15 is 0 Å². The average molecular weight is 429 g/mol. The number of hydrogen-bond donors (Lipinski definition) is 0. The second kappa shape index (κ2) is 7.45. The van der Waals surface area contributed by atoms with E-state index in [4.69, 9.17) is 25.8 Å². The fourth-order valence-corrected chi connectivity index (χ4v) is 5.60. The summed E-state index contributed by atoms with van der Waals surface area (Å²) in [4.78, 5) is 17.4. The van der Waals surface area contributed by atoms with Crippen molar-refractivity contribution < 1.29 is 19.0 Å². The minimum absolute atomic E-state index is 0.0166. The Morgan fingerprint density at radius 2 is 1.97 bits per heavy atom. The van der Waals surface area contributed by atoms with Crippen LogP contribution in [0.5, 0.6) is 11.5 Å². The molecule has 3 saturated heterocycles. The minimum atomic E-state index is -0.541. The lowest BCUT2D eigenvalue weighted by molar-refractivity contribution is -0.138. The molecule has 0 bridgehead atoms. The average Bonchev–Trinajstić information content (AvgIpc) is 3.39. The molecular formula is C23H25ClN2O4. The van der Waals surface area contributed by atoms with Gasteiger partial charge in [0.15, 0.2) is 17.2 Å². The van der Waals surface area contributed by atoms with E-state index in [1.165, 1.54) is 0 Å². The third-order valence-corrected chi connectivity index (χ3v) is 7.10. The fourth-order valence-electron chi connectivity index (χ4n) is 5.31. The Bertz CT molecular complexity index is 969. The van der Waals surface area contributed by atoms with E-state index < -0.39 is 5.72 Å². The molecule has 2 aromatic carbocycles. The van der Waals surface area contributed by atoms with E-state index in [0.29, 0.717) is 36.1 Å². The van der Waals surface area contributed by atoms with Gasteiger partial charge in [-0.05, 0) is 17.2 Å². The van der Waals surface area contributed by atoms with E-state index in [1.807, 2.05) is 35.2 Å². The normalized spacial score (nSPS) is 28.0. The highest BCUT2D eigenvalue weighted by atomic mass is 35.5. The number of hydrogen-bond acceptors (Lipinski definition) is 5. The Kier molecular flexibility index (Phi) is 4.88. The maximum Gasteiger partial charge on any atom is 0.227 e. The fraction of sp³-hybridized carbons (Fsp3) is 0.435. The minimum Gasteiger partial charge on any atom is -0.493 e. The molecule has 0 radical (unpaired) electrons. The van der Waals surface area contributed by atoms with Crippen LogP contribution in [0.4, 0.5) is 0 Å². The van der Waals surface area contributed by atoms with Crippen molar-refractivity contribution in [3.05, 3.63) is 58.6 Å². The summed E-state index contributed by atoms with van der Waals surface area (Å²) in [6, 6.07) is 14.0. The SMILES string of the molecule is COc1ccc(CN2CC[C@@]34OC[C@@H](c5ccccc5)N3C(=O)C[C@@H]24)c(Cl)c1OC. The molecule has 3 aliphatic heterocycles. The molecule has 0 unspecified atom stereocenters. The number of carbonyl (C=O) groups excluding carboxylic acids is 1. The molecule has 3 atom stereocenters. The number of benzene rings is 2. The Morgan fingerprint density at radius 1 is 1.17 bits per heavy atom. The van der Waals surface area contributed by atoms with Crippen molar-refractivity contribution in [2.75, 3.05) is 27.4 Å². The molecule has 1 amide bonds. The monoisotopic (exact) mass is 428 g/mol. The smallest absolute Gasteiger partial charge is 0.227 e. The van der Waals surface area contributed by atoms with Crippen molar-refractivity contribution in [2.24, 2.45) is 0 Å². The highest BCUT2D eigenvalue weighted by Gasteiger charge is 2.64. The summed E-state index contributed by atoms with van der Waals surface area (Å²) in [5.74, 6) is 1.31. The molecule has 1 spiro atoms. The Morgan fingerprint density at radius 3 is 2.70 bits per heavy atom. The van der Waals surface area contributed by atoms with Gasteiger partial charge in [0.25, 0.3) is 0 Å². The summed E-state index contributed by atoms with van der Waals surface area (Å²) >= 11 is 6.62. The first-order chi connectivity index (χ1) is 14.6. The van der Waals surface area contributed by atoms with Crippen LogP contribution in [0.25, 0.3) is 0 Å². The van der Waals surface area contributed by atoms with Crippen molar-refractivity contribution in [3.63, 3.8) is 0 Å². The summed E-state index contributed by atoms with van der Waals surface area (Å²) in [7, 11) is 3.18. The van der Waals surface area contributed by atoms with Gasteiger partial charge in [-0.25, -0.2) is 0 Å². The molecule has 3 fully saturated rings. The number of likely N-dealkylation sites (tertiary alicyclic amines) is 1. The predicted molar refractivity (Wildman–Crippen MR) is 113 cm³/mol. The van der Waals surface area contributed by atoms with Crippen LogP contribution >= 0.6 is 11.6 Å². The Balaban J connectivity index is 1.41. The van der Waals surface area contributed by atoms with Gasteiger partial charge in [-0.15, -0.1) is 0 Å². The van der Waals surface area contributed by atoms with Crippen molar-refractivity contribution in [2.45, 2.75) is 37.2 Å². The third-order valence-electron chi connectivity index (χ3n) is 6.69. The molecular weight excluding hydrogens is 404 g/mol. The van der Waals surface area contributed by atoms with Crippen LogP contribution in [-0.4, -0.2) is 54.8 Å². The highest BCUT2D eigenvalue weighted by molar-refractivity contribution is 6.33. The van der Waals surface area contributed by atoms with Crippen LogP contribution in [0.1, 0.15) is 30.0 Å². The summed E-state index contributed by atoms with van der Waals surface area (Å²) in [5, 5.41) is 0.550. The molecule has 0 saturated carbocycles. The summed E-state index contributed by atoms with van der Waals surface area (Å²) in [6.45, 7) is 2.02. The lowest BCUT2D eigenvalue weighted by atomic mass is 10.0. The van der Waals surface area contributed by atoms with Gasteiger partial charge in [0, 0.05) is 25.9 Å². The number of methoxy groups -OCH3 is 2. The van der Waals surface area contributed by atoms with Crippen molar-refractivity contribution in [3.8, 4) is 11.5 Å². The van der Waals surface area contributed by atoms with Gasteiger partial charge in [0.05, 0.1) is 37.9 Å². The van der Waals surface area contributed by atoms with Crippen LogP contribution in [0.2, 0.25) is 5.02 Å². The number of halogens is 1. The molecule has 3 aliphatic rings. The van der Waals surface area contributed by atoms with E-state index in [9.17, 15) is 4.79 Å². The summed E-state index contributed by atoms with van der Waals surface area (Å²) in [5.41, 5.74) is 1.54. The summed E-state index contributed by atoms with van der Waals surface area (Å²) in [6.07, 6.45) is 1.27. The first kappa shape index (κ1) is 19.7. The highest BCUT2D eigenvalue weighted by Crippen LogP contribution is 2.52. The zero-order chi connectivity index (χ0) is 20.9. The van der Waals surface area contributed by atoms with E-state index in [0.717, 1.165) is 24.1 Å². The van der Waals surface area contributed by atoms with E-state index in [-0.39, 0.29) is 18.0 Å². The molecule has 3 heterocycles. The first-order valence-corrected chi connectivity index (χ1v) is 10.6. The number of carbonyl (C=O) groups is 1. The van der Waals surface area contributed by atoms with Gasteiger partial charge >= 0.3 is 0 Å². The van der Waals surface area contributed by atoms with Gasteiger partial charge in [0.2, 0.25) is 5.91 Å². The molecule has 30 heavy (non-hydrogen) atoms. The maximum atomic E-state index is 13.1. The van der Waals surface area contributed by atoms with Crippen LogP contribution in [0, 0.1) is 0 Å². The molecule has 7 heteroatoms. The van der Waals surface area contributed by atoms with Crippen LogP contribution in [-0.2, 0) is 16.1 Å². The van der Waals surface area contributed by atoms with Crippen LogP contribution in [0.3, 0.4) is 0 Å². The van der Waals surface area contributed by atoms with E-state index in [2.05, 4.69) is 17.0 Å². The molecule has 158 valence electrons. The second-order valence-corrected chi connectivity index (χ2v) is 8.44. The van der Waals surface area contributed by atoms with Gasteiger partial charge in [0.1, 0.15) is 0 Å². The third kappa shape index (κ3) is 2.82. The van der Waals surface area contributed by atoms with Gasteiger partial charge in [-0.1, -0.05) is 48.0 Å². The number of rotatable bonds is 5. The van der Waals surface area contributed by atoms with Crippen LogP contribution in [0.15, 0.2) is 42.5 Å². The van der Waals surface area contributed by atoms with Gasteiger partial charge in [-0.2, -0.15) is 0 Å². The second-order valence-electron chi connectivity index (χ2n) is 8.06. The molecule has 0 aliphatic carbocycles. The molecule has 6 nitrogen and oxygen atoms in total. The number of nitrogens with zero attached hydrogens (tertiary/aromatic N) is 2. The first-order valence-electron chi connectivity index (χ1n) is 10.2. The standard InChI is InChI=1S/C23H25ClN2O4/c1-28-18-9-8-16(21(24)22(18)29-2)13-25-11-10-23-19(25)12-20(27)26(23)17(14-30-23)15-6-4-3-5-7-15/h3-9,17,19H,10-14H2,1-2H3/t17-,19+,23-/m0/s1. The number of ether oxygens (including phenoxy) is 3. The maximum absolute atomic E-state index is 13.1. The molecule has 0 aromatic heterocycles. The zero-order valence-electron chi connectivity index (χ0n) is 17.1. The van der Waals surface area contributed by atoms with Crippen molar-refractivity contribution in [1.82, 2.24) is 9.80 Å². The number of amides is 1. The van der Waals surface area contributed by atoms with Crippen LogP contribution < -0.4 is 9.47 Å². The Labute approximate surface area is 181 Å². The lowest BCUT2D eigenvalue weighted by Gasteiger charge is -2.33. The molecule has 5 rings (SSSR count). The van der Waals surface area contributed by atoms with Crippen molar-refractivity contribution >= 4 is 17.5 Å². The Hall–Kier alpha value is -2.28. The molecule has 0 N–H and O–H groups in total. The quantitative estimate of drug-likeness (QED) is 0.727. The van der Waals surface area contributed by atoms with Gasteiger partial charge < -0.3 is 19.1 Å². The lowest BCUT2D eigenvalue weighted by Crippen LogP contribution is -2.48. The molecule has 2 aromatic rings. The van der Waals surface area contributed by atoms with Gasteiger partial charge in [-0.3, -0.25) is 9.69 Å².